The molecule has 0 aliphatic carbocycles. The fourth-order valence-electron chi connectivity index (χ4n) is 7.43. The lowest BCUT2D eigenvalue weighted by Crippen LogP contribution is -2.30. The molecule has 4 rings (SSSR count). The Balaban J connectivity index is 0.00000172. The molecule has 0 spiro atoms. The van der Waals surface area contributed by atoms with Gasteiger partial charge in [-0.15, -0.1) is 25.3 Å². The molecule has 23 nitrogen and oxygen atoms in total. The smallest absolute Gasteiger partial charge is 0.425 e. The lowest BCUT2D eigenvalue weighted by molar-refractivity contribution is -0.437. The maximum absolute atomic E-state index is 13.5. The van der Waals surface area contributed by atoms with E-state index in [0.717, 1.165) is 6.07 Å². The first-order chi connectivity index (χ1) is 30.3. The average Bonchev–Trinajstić information content (AvgIpc) is 3.51. The number of esters is 2. The van der Waals surface area contributed by atoms with Gasteiger partial charge in [-0.1, -0.05) is 32.9 Å². The standard InChI is InChI=1S/C38H48N2O15S3.2O3S/c1-6-18-54-35(43)26-12-7-13-28-32(26)37(2,3)30(39(28)16-9-20-56(45,46)47)14-8-15-31-38(4,5)33-27(36(44)55-19-11-22-58(51,52)53)23-25(34(41)42)24-29(33)40(31)17-10-21-57(48,49)50;2*1-4(2)3/h7-8,12-15,23-24H,6,9-11,16-22H2,1-5H3,(H3-,41,42,45,46,47,48,49,50,51,52,53);;. The molecule has 0 fully saturated rings. The van der Waals surface area contributed by atoms with Crippen LogP contribution in [0.2, 0.25) is 0 Å². The van der Waals surface area contributed by atoms with E-state index in [1.165, 1.54) is 6.07 Å². The molecule has 2 aromatic rings. The Hall–Kier alpha value is -5.23. The summed E-state index contributed by atoms with van der Waals surface area (Å²) in [6.45, 7) is 8.90. The number of hydrogen-bond acceptors (Lipinski definition) is 19. The third-order valence-electron chi connectivity index (χ3n) is 9.83. The average molecular weight is 1030 g/mol. The molecular formula is C38H48N2O21S5. The Morgan fingerprint density at radius 3 is 1.85 bits per heavy atom. The van der Waals surface area contributed by atoms with Crippen molar-refractivity contribution in [2.45, 2.75) is 71.1 Å². The summed E-state index contributed by atoms with van der Waals surface area (Å²) in [6, 6.07) is 7.53. The number of ether oxygens (including phenoxy) is 2. The number of hydrogen-bond donors (Lipinski definition) is 3. The van der Waals surface area contributed by atoms with Crippen molar-refractivity contribution in [1.82, 2.24) is 0 Å². The van der Waals surface area contributed by atoms with Crippen molar-refractivity contribution >= 4 is 86.6 Å². The summed E-state index contributed by atoms with van der Waals surface area (Å²) in [5.41, 5.74) is 0.742. The van der Waals surface area contributed by atoms with Crippen LogP contribution in [0.3, 0.4) is 0 Å². The number of benzene rings is 2. The summed E-state index contributed by atoms with van der Waals surface area (Å²) in [5.74, 6) is -4.85. The van der Waals surface area contributed by atoms with Gasteiger partial charge in [-0.05, 0) is 57.4 Å². The van der Waals surface area contributed by atoms with Gasteiger partial charge in [-0.3, -0.25) is 9.11 Å². The van der Waals surface area contributed by atoms with Crippen molar-refractivity contribution in [3.05, 3.63) is 82.1 Å². The highest BCUT2D eigenvalue weighted by atomic mass is 32.2. The lowest BCUT2D eigenvalue weighted by Gasteiger charge is -2.27. The Bertz CT molecular complexity index is 2830. The van der Waals surface area contributed by atoms with Gasteiger partial charge in [0.1, 0.15) is 6.54 Å². The molecule has 0 unspecified atom stereocenters. The maximum Gasteiger partial charge on any atom is 0.425 e. The number of nitrogens with zero attached hydrogens (tertiary/aromatic N) is 2. The van der Waals surface area contributed by atoms with Crippen molar-refractivity contribution in [2.24, 2.45) is 0 Å². The molecule has 0 saturated carbocycles. The summed E-state index contributed by atoms with van der Waals surface area (Å²) in [4.78, 5) is 40.7. The molecule has 66 heavy (non-hydrogen) atoms. The number of rotatable bonds is 19. The number of carboxylic acids is 1. The summed E-state index contributed by atoms with van der Waals surface area (Å²) >= 11 is 0. The number of carbonyl (C=O) groups is 3. The fourth-order valence-corrected chi connectivity index (χ4v) is 8.89. The minimum atomic E-state index is -4.54. The van der Waals surface area contributed by atoms with Crippen molar-refractivity contribution in [2.75, 3.05) is 48.5 Å². The quantitative estimate of drug-likeness (QED) is 0.0785. The zero-order valence-electron chi connectivity index (χ0n) is 36.0. The molecule has 3 N–H and O–H groups in total. The second kappa shape index (κ2) is 23.5. The highest BCUT2D eigenvalue weighted by molar-refractivity contribution is 7.86. The zero-order chi connectivity index (χ0) is 50.6. The van der Waals surface area contributed by atoms with E-state index in [2.05, 4.69) is 0 Å². The molecule has 28 heteroatoms. The van der Waals surface area contributed by atoms with Crippen LogP contribution in [0.4, 0.5) is 11.4 Å². The largest absolute Gasteiger partial charge is 0.748 e. The second-order valence-electron chi connectivity index (χ2n) is 15.3. The monoisotopic (exact) mass is 1030 g/mol. The number of carbonyl (C=O) groups excluding carboxylic acids is 2. The maximum atomic E-state index is 13.5. The first-order valence-corrected chi connectivity index (χ1v) is 26.1. The van der Waals surface area contributed by atoms with E-state index in [1.807, 2.05) is 25.3 Å². The third kappa shape index (κ3) is 16.6. The number of anilines is 1. The fraction of sp³-hybridized carbons (Fsp3) is 0.474. The molecule has 366 valence electrons. The van der Waals surface area contributed by atoms with Crippen LogP contribution in [0.1, 0.15) is 103 Å². The van der Waals surface area contributed by atoms with E-state index < -0.39 is 104 Å². The van der Waals surface area contributed by atoms with Gasteiger partial charge < -0.3 is 24.0 Å². The number of allylic oxidation sites excluding steroid dienone is 4. The molecule has 0 saturated heterocycles. The first-order valence-electron chi connectivity index (χ1n) is 19.3. The van der Waals surface area contributed by atoms with Crippen LogP contribution >= 0.6 is 0 Å². The van der Waals surface area contributed by atoms with Gasteiger partial charge in [0.05, 0.1) is 62.5 Å². The molecule has 0 amide bonds. The highest BCUT2D eigenvalue weighted by Gasteiger charge is 2.48. The van der Waals surface area contributed by atoms with E-state index in [4.69, 9.17) is 39.3 Å². The van der Waals surface area contributed by atoms with Gasteiger partial charge in [0.25, 0.3) is 20.2 Å². The van der Waals surface area contributed by atoms with Crippen molar-refractivity contribution < 1.29 is 97.7 Å². The Kier molecular flexibility index (Phi) is 20.2. The molecule has 2 heterocycles. The Labute approximate surface area is 384 Å². The molecule has 0 aromatic heterocycles. The normalized spacial score (nSPS) is 15.5. The van der Waals surface area contributed by atoms with E-state index in [0.29, 0.717) is 40.2 Å². The van der Waals surface area contributed by atoms with Crippen LogP contribution in [0.25, 0.3) is 0 Å². The lowest BCUT2D eigenvalue weighted by atomic mass is 9.78. The SMILES string of the molecule is CCCOC(=O)c1cccc2c1C(C)(C)C(/C=C/C=C1/N(CCCS(=O)(=O)O)c3cc(C(=O)O)cc(C(=O)OCCCS(=O)(=O)O)c3C1(C)C)=[N+]2CCCS(=O)(=O)[O-].O=S(=O)=O.O=S(=O)=O. The summed E-state index contributed by atoms with van der Waals surface area (Å²) in [6.07, 6.45) is 5.29. The zero-order valence-corrected chi connectivity index (χ0v) is 40.1. The second-order valence-corrected chi connectivity index (χ2v) is 20.8. The molecule has 2 aliphatic rings. The van der Waals surface area contributed by atoms with Gasteiger partial charge in [-0.25, -0.2) is 22.8 Å². The van der Waals surface area contributed by atoms with Gasteiger partial charge in [0.2, 0.25) is 5.69 Å². The van der Waals surface area contributed by atoms with Crippen molar-refractivity contribution in [3.8, 4) is 0 Å². The first kappa shape index (κ1) is 56.9. The summed E-state index contributed by atoms with van der Waals surface area (Å²) in [5, 5.41) is 10.0. The van der Waals surface area contributed by atoms with Gasteiger partial charge in [0, 0.05) is 53.2 Å². The Morgan fingerprint density at radius 2 is 1.32 bits per heavy atom. The van der Waals surface area contributed by atoms with E-state index in [9.17, 15) is 53.8 Å². The number of aromatic carboxylic acids is 1. The molecule has 0 bridgehead atoms. The Morgan fingerprint density at radius 1 is 0.773 bits per heavy atom. The molecule has 0 atom stereocenters. The van der Waals surface area contributed by atoms with Crippen LogP contribution in [0, 0.1) is 0 Å². The van der Waals surface area contributed by atoms with Crippen LogP contribution in [-0.2, 0) is 71.9 Å². The molecule has 0 radical (unpaired) electrons. The minimum Gasteiger partial charge on any atom is -0.748 e. The van der Waals surface area contributed by atoms with Gasteiger partial charge in [-0.2, -0.15) is 21.4 Å². The molecule has 2 aromatic carbocycles. The minimum absolute atomic E-state index is 0.0330. The summed E-state index contributed by atoms with van der Waals surface area (Å²) in [7, 11) is -19.5. The van der Waals surface area contributed by atoms with Crippen molar-refractivity contribution in [1.29, 1.82) is 0 Å². The molecule has 2 aliphatic heterocycles. The van der Waals surface area contributed by atoms with Crippen LogP contribution < -0.4 is 4.90 Å². The molecular weight excluding hydrogens is 981 g/mol. The predicted octanol–water partition coefficient (Wildman–Crippen LogP) is 2.21. The van der Waals surface area contributed by atoms with Gasteiger partial charge in [0.15, 0.2) is 5.71 Å². The van der Waals surface area contributed by atoms with E-state index in [1.54, 1.807) is 55.2 Å². The van der Waals surface area contributed by atoms with E-state index >= 15 is 0 Å². The van der Waals surface area contributed by atoms with Gasteiger partial charge >= 0.3 is 39.1 Å². The summed E-state index contributed by atoms with van der Waals surface area (Å²) < 4.78 is 162. The third-order valence-corrected chi connectivity index (χ3v) is 12.2. The number of carboxylic acid groups (broad SMARTS) is 1. The van der Waals surface area contributed by atoms with Crippen LogP contribution in [-0.4, -0.2) is 141 Å². The van der Waals surface area contributed by atoms with Crippen LogP contribution in [0.15, 0.2) is 54.3 Å². The highest BCUT2D eigenvalue weighted by Crippen LogP contribution is 2.50. The number of fused-ring (bicyclic) bond motifs is 2. The van der Waals surface area contributed by atoms with E-state index in [-0.39, 0.29) is 55.8 Å². The predicted molar refractivity (Wildman–Crippen MR) is 232 cm³/mol. The van der Waals surface area contributed by atoms with Crippen LogP contribution in [0.5, 0.6) is 0 Å². The topological polar surface area (TPSA) is 365 Å². The van der Waals surface area contributed by atoms with Crippen molar-refractivity contribution in [3.63, 3.8) is 0 Å².